The molecule has 1 aromatic rings. The molecule has 0 bridgehead atoms. The van der Waals surface area contributed by atoms with Crippen LogP contribution in [-0.4, -0.2) is 25.7 Å². The van der Waals surface area contributed by atoms with Gasteiger partial charge in [0.1, 0.15) is 11.5 Å². The van der Waals surface area contributed by atoms with Crippen LogP contribution in [0.2, 0.25) is 0 Å². The summed E-state index contributed by atoms with van der Waals surface area (Å²) in [5, 5.41) is 0. The van der Waals surface area contributed by atoms with E-state index in [-0.39, 0.29) is 13.0 Å². The average Bonchev–Trinajstić information content (AvgIpc) is 2.37. The lowest BCUT2D eigenvalue weighted by Crippen LogP contribution is -2.22. The predicted octanol–water partition coefficient (Wildman–Crippen LogP) is 3.38. The number of unbranched alkanes of at least 4 members (excludes halogenated alkanes) is 1. The number of ether oxygens (including phenoxy) is 2. The first kappa shape index (κ1) is 15.3. The van der Waals surface area contributed by atoms with Gasteiger partial charge in [-0.3, -0.25) is 4.79 Å². The van der Waals surface area contributed by atoms with Crippen molar-refractivity contribution in [3.8, 4) is 11.5 Å². The molecule has 0 atom stereocenters. The molecule has 1 rings (SSSR count). The second-order valence-electron chi connectivity index (χ2n) is 3.90. The SMILES string of the molecule is COc1ccc(OCCCCC(=O)C(F)(F)F)cc1. The van der Waals surface area contributed by atoms with Gasteiger partial charge in [0.15, 0.2) is 0 Å². The number of ketones is 1. The van der Waals surface area contributed by atoms with Crippen molar-refractivity contribution >= 4 is 5.78 Å². The molecule has 0 saturated carbocycles. The third kappa shape index (κ3) is 5.63. The molecule has 0 N–H and O–H groups in total. The number of rotatable bonds is 7. The highest BCUT2D eigenvalue weighted by atomic mass is 19.4. The van der Waals surface area contributed by atoms with E-state index in [9.17, 15) is 18.0 Å². The van der Waals surface area contributed by atoms with Crippen molar-refractivity contribution in [1.29, 1.82) is 0 Å². The van der Waals surface area contributed by atoms with Crippen LogP contribution in [0, 0.1) is 0 Å². The highest BCUT2D eigenvalue weighted by molar-refractivity contribution is 5.83. The maximum absolute atomic E-state index is 11.9. The Morgan fingerprint density at radius 1 is 1.11 bits per heavy atom. The third-order valence-corrected chi connectivity index (χ3v) is 2.44. The Morgan fingerprint density at radius 3 is 2.21 bits per heavy atom. The second kappa shape index (κ2) is 7.01. The van der Waals surface area contributed by atoms with Crippen LogP contribution >= 0.6 is 0 Å². The fourth-order valence-corrected chi connectivity index (χ4v) is 1.39. The van der Waals surface area contributed by atoms with Crippen molar-refractivity contribution in [2.24, 2.45) is 0 Å². The van der Waals surface area contributed by atoms with Crippen LogP contribution in [-0.2, 0) is 4.79 Å². The monoisotopic (exact) mass is 276 g/mol. The van der Waals surface area contributed by atoms with E-state index in [4.69, 9.17) is 9.47 Å². The molecule has 0 spiro atoms. The van der Waals surface area contributed by atoms with Gasteiger partial charge in [0, 0.05) is 6.42 Å². The predicted molar refractivity (Wildman–Crippen MR) is 63.4 cm³/mol. The van der Waals surface area contributed by atoms with Crippen LogP contribution in [0.25, 0.3) is 0 Å². The summed E-state index contributed by atoms with van der Waals surface area (Å²) in [5.41, 5.74) is 0. The van der Waals surface area contributed by atoms with Crippen LogP contribution in [0.4, 0.5) is 13.2 Å². The van der Waals surface area contributed by atoms with Crippen LogP contribution in [0.15, 0.2) is 24.3 Å². The Bertz CT molecular complexity index is 399. The lowest BCUT2D eigenvalue weighted by Gasteiger charge is -2.07. The highest BCUT2D eigenvalue weighted by Crippen LogP contribution is 2.20. The molecule has 0 aliphatic carbocycles. The number of methoxy groups -OCH3 is 1. The van der Waals surface area contributed by atoms with Gasteiger partial charge < -0.3 is 9.47 Å². The number of carbonyl (C=O) groups is 1. The summed E-state index contributed by atoms with van der Waals surface area (Å²) in [5.74, 6) is -0.372. The molecule has 0 aliphatic heterocycles. The van der Waals surface area contributed by atoms with Crippen LogP contribution < -0.4 is 9.47 Å². The first-order valence-corrected chi connectivity index (χ1v) is 5.80. The quantitative estimate of drug-likeness (QED) is 0.716. The zero-order valence-corrected chi connectivity index (χ0v) is 10.5. The topological polar surface area (TPSA) is 35.5 Å². The molecule has 0 heterocycles. The van der Waals surface area contributed by atoms with Crippen molar-refractivity contribution in [1.82, 2.24) is 0 Å². The maximum atomic E-state index is 11.9. The van der Waals surface area contributed by atoms with Gasteiger partial charge in [-0.25, -0.2) is 0 Å². The lowest BCUT2D eigenvalue weighted by atomic mass is 10.2. The zero-order valence-electron chi connectivity index (χ0n) is 10.5. The minimum absolute atomic E-state index is 0.161. The van der Waals surface area contributed by atoms with Crippen molar-refractivity contribution in [3.63, 3.8) is 0 Å². The Morgan fingerprint density at radius 2 is 1.68 bits per heavy atom. The maximum Gasteiger partial charge on any atom is 0.449 e. The molecule has 19 heavy (non-hydrogen) atoms. The molecule has 106 valence electrons. The van der Waals surface area contributed by atoms with Gasteiger partial charge in [-0.15, -0.1) is 0 Å². The number of alkyl halides is 3. The van der Waals surface area contributed by atoms with E-state index in [1.54, 1.807) is 31.4 Å². The molecular formula is C13H15F3O3. The first-order valence-electron chi connectivity index (χ1n) is 5.80. The number of halogens is 3. The average molecular weight is 276 g/mol. The molecule has 0 fully saturated rings. The Labute approximate surface area is 109 Å². The summed E-state index contributed by atoms with van der Waals surface area (Å²) in [4.78, 5) is 10.6. The van der Waals surface area contributed by atoms with Gasteiger partial charge in [-0.05, 0) is 37.1 Å². The zero-order chi connectivity index (χ0) is 14.3. The van der Waals surface area contributed by atoms with Crippen LogP contribution in [0.1, 0.15) is 19.3 Å². The van der Waals surface area contributed by atoms with Crippen LogP contribution in [0.5, 0.6) is 11.5 Å². The Kier molecular flexibility index (Phi) is 5.66. The number of hydrogen-bond acceptors (Lipinski definition) is 3. The molecule has 0 unspecified atom stereocenters. The summed E-state index contributed by atoms with van der Waals surface area (Å²) in [6, 6.07) is 6.87. The molecule has 0 aromatic heterocycles. The van der Waals surface area contributed by atoms with Gasteiger partial charge in [0.05, 0.1) is 13.7 Å². The minimum Gasteiger partial charge on any atom is -0.497 e. The first-order chi connectivity index (χ1) is 8.93. The summed E-state index contributed by atoms with van der Waals surface area (Å²) in [6.07, 6.45) is -4.66. The molecule has 0 amide bonds. The fraction of sp³-hybridized carbons (Fsp3) is 0.462. The molecule has 1 aromatic carbocycles. The van der Waals surface area contributed by atoms with Gasteiger partial charge >= 0.3 is 6.18 Å². The molecular weight excluding hydrogens is 261 g/mol. The van der Waals surface area contributed by atoms with E-state index in [1.165, 1.54) is 0 Å². The van der Waals surface area contributed by atoms with Crippen molar-refractivity contribution < 1.29 is 27.4 Å². The largest absolute Gasteiger partial charge is 0.497 e. The second-order valence-corrected chi connectivity index (χ2v) is 3.90. The molecule has 0 radical (unpaired) electrons. The standard InChI is InChI=1S/C13H15F3O3/c1-18-10-5-7-11(8-6-10)19-9-3-2-4-12(17)13(14,15)16/h5-8H,2-4,9H2,1H3. The Balaban J connectivity index is 2.18. The lowest BCUT2D eigenvalue weighted by molar-refractivity contribution is -0.171. The molecule has 3 nitrogen and oxygen atoms in total. The minimum atomic E-state index is -4.73. The number of benzene rings is 1. The van der Waals surface area contributed by atoms with E-state index in [0.29, 0.717) is 17.9 Å². The summed E-state index contributed by atoms with van der Waals surface area (Å²) in [6.45, 7) is 0.275. The number of hydrogen-bond donors (Lipinski definition) is 0. The van der Waals surface area contributed by atoms with Gasteiger partial charge in [0.2, 0.25) is 5.78 Å². The third-order valence-electron chi connectivity index (χ3n) is 2.44. The number of Topliss-reactive ketones (excluding diaryl/α,β-unsaturated/α-hetero) is 1. The van der Waals surface area contributed by atoms with Gasteiger partial charge in [-0.1, -0.05) is 0 Å². The van der Waals surface area contributed by atoms with E-state index < -0.39 is 18.4 Å². The summed E-state index contributed by atoms with van der Waals surface area (Å²) in [7, 11) is 1.55. The van der Waals surface area contributed by atoms with Gasteiger partial charge in [-0.2, -0.15) is 13.2 Å². The fourth-order valence-electron chi connectivity index (χ4n) is 1.39. The highest BCUT2D eigenvalue weighted by Gasteiger charge is 2.36. The normalized spacial score (nSPS) is 11.2. The van der Waals surface area contributed by atoms with Crippen molar-refractivity contribution in [3.05, 3.63) is 24.3 Å². The van der Waals surface area contributed by atoms with E-state index in [0.717, 1.165) is 0 Å². The molecule has 0 saturated heterocycles. The molecule has 6 heteroatoms. The summed E-state index contributed by atoms with van der Waals surface area (Å²) >= 11 is 0. The van der Waals surface area contributed by atoms with Crippen molar-refractivity contribution in [2.75, 3.05) is 13.7 Å². The van der Waals surface area contributed by atoms with E-state index in [2.05, 4.69) is 0 Å². The Hall–Kier alpha value is -1.72. The van der Waals surface area contributed by atoms with E-state index >= 15 is 0 Å². The number of carbonyl (C=O) groups excluding carboxylic acids is 1. The smallest absolute Gasteiger partial charge is 0.449 e. The van der Waals surface area contributed by atoms with Crippen LogP contribution in [0.3, 0.4) is 0 Å². The summed E-state index contributed by atoms with van der Waals surface area (Å²) < 4.78 is 46.0. The van der Waals surface area contributed by atoms with Crippen molar-refractivity contribution in [2.45, 2.75) is 25.4 Å². The van der Waals surface area contributed by atoms with E-state index in [1.807, 2.05) is 0 Å². The van der Waals surface area contributed by atoms with Gasteiger partial charge in [0.25, 0.3) is 0 Å². The molecule has 0 aliphatic rings.